The number of aromatic nitrogens is 1. The molecule has 0 spiro atoms. The summed E-state index contributed by atoms with van der Waals surface area (Å²) in [7, 11) is 3.30. The predicted octanol–water partition coefficient (Wildman–Crippen LogP) is 4.80. The fourth-order valence-electron chi connectivity index (χ4n) is 2.68. The van der Waals surface area contributed by atoms with Crippen LogP contribution in [0.1, 0.15) is 26.4 Å². The van der Waals surface area contributed by atoms with E-state index in [9.17, 15) is 9.59 Å². The lowest BCUT2D eigenvalue weighted by molar-refractivity contribution is 0.0827. The van der Waals surface area contributed by atoms with Crippen LogP contribution in [0.3, 0.4) is 0 Å². The molecule has 1 heterocycles. The van der Waals surface area contributed by atoms with Crippen molar-refractivity contribution in [2.24, 2.45) is 0 Å². The Bertz CT molecular complexity index is 1060. The molecule has 3 rings (SSSR count). The fourth-order valence-corrected chi connectivity index (χ4v) is 3.12. The van der Waals surface area contributed by atoms with E-state index in [1.807, 2.05) is 6.07 Å². The van der Waals surface area contributed by atoms with Crippen molar-refractivity contribution in [2.75, 3.05) is 19.4 Å². The van der Waals surface area contributed by atoms with Crippen molar-refractivity contribution in [2.45, 2.75) is 6.92 Å². The van der Waals surface area contributed by atoms with Crippen LogP contribution in [0, 0.1) is 6.92 Å². The summed E-state index contributed by atoms with van der Waals surface area (Å²) in [6, 6.07) is 11.9. The summed E-state index contributed by atoms with van der Waals surface area (Å²) in [4.78, 5) is 30.6. The summed E-state index contributed by atoms with van der Waals surface area (Å²) < 4.78 is 0. The van der Waals surface area contributed by atoms with Crippen molar-refractivity contribution in [1.29, 1.82) is 0 Å². The van der Waals surface area contributed by atoms with E-state index in [4.69, 9.17) is 23.2 Å². The number of amides is 2. The van der Waals surface area contributed by atoms with Crippen molar-refractivity contribution in [3.63, 3.8) is 0 Å². The molecule has 0 unspecified atom stereocenters. The summed E-state index contributed by atoms with van der Waals surface area (Å²) >= 11 is 12.2. The molecular formula is C20H17Cl2N3O2. The third-order valence-corrected chi connectivity index (χ3v) is 4.62. The van der Waals surface area contributed by atoms with E-state index in [1.54, 1.807) is 57.4 Å². The van der Waals surface area contributed by atoms with Crippen LogP contribution in [-0.4, -0.2) is 35.8 Å². The maximum atomic E-state index is 12.7. The molecule has 1 aromatic heterocycles. The van der Waals surface area contributed by atoms with Crippen LogP contribution in [0.5, 0.6) is 0 Å². The summed E-state index contributed by atoms with van der Waals surface area (Å²) in [5.74, 6) is -0.519. The van der Waals surface area contributed by atoms with Gasteiger partial charge in [-0.15, -0.1) is 0 Å². The molecule has 0 atom stereocenters. The zero-order valence-electron chi connectivity index (χ0n) is 15.0. The van der Waals surface area contributed by atoms with Gasteiger partial charge in [0, 0.05) is 30.2 Å². The molecular weight excluding hydrogens is 385 g/mol. The number of pyridine rings is 1. The van der Waals surface area contributed by atoms with Gasteiger partial charge in [-0.05, 0) is 49.4 Å². The quantitative estimate of drug-likeness (QED) is 0.684. The van der Waals surface area contributed by atoms with Gasteiger partial charge in [0.2, 0.25) is 0 Å². The largest absolute Gasteiger partial charge is 0.345 e. The Balaban J connectivity index is 1.89. The van der Waals surface area contributed by atoms with Gasteiger partial charge in [-0.1, -0.05) is 23.2 Å². The Morgan fingerprint density at radius 1 is 1.00 bits per heavy atom. The van der Waals surface area contributed by atoms with Gasteiger partial charge < -0.3 is 10.2 Å². The van der Waals surface area contributed by atoms with E-state index in [0.717, 1.165) is 10.9 Å². The maximum absolute atomic E-state index is 12.7. The van der Waals surface area contributed by atoms with Crippen molar-refractivity contribution in [3.8, 4) is 0 Å². The SMILES string of the molecule is Cc1nc2ccc(Cl)cc2cc1C(=O)Nc1ccc(C(=O)N(C)C)c(Cl)c1. The molecule has 7 heteroatoms. The lowest BCUT2D eigenvalue weighted by Crippen LogP contribution is -2.22. The fraction of sp³-hybridized carbons (Fsp3) is 0.150. The molecule has 0 bridgehead atoms. The number of fused-ring (bicyclic) bond motifs is 1. The van der Waals surface area contributed by atoms with E-state index >= 15 is 0 Å². The number of hydrogen-bond donors (Lipinski definition) is 1. The third-order valence-electron chi connectivity index (χ3n) is 4.08. The number of benzene rings is 2. The van der Waals surface area contributed by atoms with Crippen molar-refractivity contribution in [3.05, 3.63) is 69.3 Å². The highest BCUT2D eigenvalue weighted by atomic mass is 35.5. The molecule has 0 saturated heterocycles. The minimum Gasteiger partial charge on any atom is -0.345 e. The van der Waals surface area contributed by atoms with Gasteiger partial charge in [0.05, 0.1) is 27.4 Å². The van der Waals surface area contributed by atoms with Gasteiger partial charge in [0.1, 0.15) is 0 Å². The van der Waals surface area contributed by atoms with E-state index < -0.39 is 0 Å². The molecule has 0 aliphatic rings. The topological polar surface area (TPSA) is 62.3 Å². The van der Waals surface area contributed by atoms with E-state index in [2.05, 4.69) is 10.3 Å². The highest BCUT2D eigenvalue weighted by Crippen LogP contribution is 2.24. The normalized spacial score (nSPS) is 10.7. The Kier molecular flexibility index (Phi) is 5.35. The standard InChI is InChI=1S/C20H17Cl2N3O2/c1-11-16(9-12-8-13(21)4-7-18(12)23-11)19(26)24-14-5-6-15(17(22)10-14)20(27)25(2)3/h4-10H,1-3H3,(H,24,26). The monoisotopic (exact) mass is 401 g/mol. The second kappa shape index (κ2) is 7.55. The summed E-state index contributed by atoms with van der Waals surface area (Å²) in [6.45, 7) is 1.77. The van der Waals surface area contributed by atoms with E-state index in [0.29, 0.717) is 27.5 Å². The lowest BCUT2D eigenvalue weighted by Gasteiger charge is -2.13. The maximum Gasteiger partial charge on any atom is 0.257 e. The first-order chi connectivity index (χ1) is 12.8. The average molecular weight is 402 g/mol. The molecule has 5 nitrogen and oxygen atoms in total. The number of hydrogen-bond acceptors (Lipinski definition) is 3. The Morgan fingerprint density at radius 2 is 1.74 bits per heavy atom. The summed E-state index contributed by atoms with van der Waals surface area (Å²) in [5, 5.41) is 4.42. The first-order valence-electron chi connectivity index (χ1n) is 8.15. The van der Waals surface area contributed by atoms with Crippen LogP contribution in [0.4, 0.5) is 5.69 Å². The summed E-state index contributed by atoms with van der Waals surface area (Å²) in [5.41, 5.74) is 2.67. The number of nitrogens with one attached hydrogen (secondary N) is 1. The minimum atomic E-state index is -0.315. The minimum absolute atomic E-state index is 0.204. The van der Waals surface area contributed by atoms with Gasteiger partial charge in [0.15, 0.2) is 0 Å². The lowest BCUT2D eigenvalue weighted by atomic mass is 10.1. The zero-order valence-corrected chi connectivity index (χ0v) is 16.5. The molecule has 2 aromatic carbocycles. The number of anilines is 1. The predicted molar refractivity (Wildman–Crippen MR) is 109 cm³/mol. The van der Waals surface area contributed by atoms with Gasteiger partial charge >= 0.3 is 0 Å². The zero-order chi connectivity index (χ0) is 19.7. The smallest absolute Gasteiger partial charge is 0.257 e. The molecule has 1 N–H and O–H groups in total. The van der Waals surface area contributed by atoms with Gasteiger partial charge in [-0.3, -0.25) is 14.6 Å². The number of carbonyl (C=O) groups is 2. The molecule has 3 aromatic rings. The molecule has 2 amide bonds. The van der Waals surface area contributed by atoms with Crippen LogP contribution in [-0.2, 0) is 0 Å². The molecule has 138 valence electrons. The van der Waals surface area contributed by atoms with Gasteiger partial charge in [-0.2, -0.15) is 0 Å². The first-order valence-corrected chi connectivity index (χ1v) is 8.91. The number of carbonyl (C=O) groups excluding carboxylic acids is 2. The van der Waals surface area contributed by atoms with Crippen LogP contribution in [0.2, 0.25) is 10.0 Å². The molecule has 0 aliphatic heterocycles. The summed E-state index contributed by atoms with van der Waals surface area (Å²) in [6.07, 6.45) is 0. The Morgan fingerprint density at radius 3 is 2.41 bits per heavy atom. The average Bonchev–Trinajstić information content (AvgIpc) is 2.61. The van der Waals surface area contributed by atoms with Crippen LogP contribution in [0.15, 0.2) is 42.5 Å². The van der Waals surface area contributed by atoms with Crippen molar-refractivity contribution < 1.29 is 9.59 Å². The first kappa shape index (κ1) is 19.1. The van der Waals surface area contributed by atoms with Crippen molar-refractivity contribution in [1.82, 2.24) is 9.88 Å². The molecule has 0 fully saturated rings. The number of nitrogens with zero attached hydrogens (tertiary/aromatic N) is 2. The van der Waals surface area contributed by atoms with E-state index in [-0.39, 0.29) is 16.8 Å². The molecule has 0 radical (unpaired) electrons. The number of rotatable bonds is 3. The van der Waals surface area contributed by atoms with Crippen molar-refractivity contribution >= 4 is 51.6 Å². The molecule has 27 heavy (non-hydrogen) atoms. The highest BCUT2D eigenvalue weighted by Gasteiger charge is 2.15. The Hall–Kier alpha value is -2.63. The van der Waals surface area contributed by atoms with Gasteiger partial charge in [0.25, 0.3) is 11.8 Å². The molecule has 0 saturated carbocycles. The number of halogens is 2. The molecule has 0 aliphatic carbocycles. The highest BCUT2D eigenvalue weighted by molar-refractivity contribution is 6.34. The van der Waals surface area contributed by atoms with E-state index in [1.165, 1.54) is 4.90 Å². The van der Waals surface area contributed by atoms with Crippen LogP contribution in [0.25, 0.3) is 10.9 Å². The third kappa shape index (κ3) is 4.04. The number of aryl methyl sites for hydroxylation is 1. The second-order valence-electron chi connectivity index (χ2n) is 6.31. The van der Waals surface area contributed by atoms with Crippen LogP contribution >= 0.6 is 23.2 Å². The van der Waals surface area contributed by atoms with Crippen LogP contribution < -0.4 is 5.32 Å². The Labute approximate surface area is 166 Å². The van der Waals surface area contributed by atoms with Gasteiger partial charge in [-0.25, -0.2) is 0 Å². The second-order valence-corrected chi connectivity index (χ2v) is 7.15.